The Morgan fingerprint density at radius 2 is 1.81 bits per heavy atom. The Kier molecular flexibility index (Phi) is 7.73. The highest BCUT2D eigenvalue weighted by molar-refractivity contribution is 7.10. The lowest BCUT2D eigenvalue weighted by Gasteiger charge is -2.23. The molecule has 0 N–H and O–H groups in total. The molecule has 6 rings (SSSR count). The van der Waals surface area contributed by atoms with Crippen molar-refractivity contribution in [3.05, 3.63) is 120 Å². The number of aromatic nitrogens is 3. The van der Waals surface area contributed by atoms with Crippen LogP contribution in [0, 0.1) is 0 Å². The number of fused-ring (bicyclic) bond motifs is 1. The van der Waals surface area contributed by atoms with Crippen LogP contribution in [-0.2, 0) is 9.53 Å². The lowest BCUT2D eigenvalue weighted by Crippen LogP contribution is -2.39. The maximum Gasteiger partial charge on any atom is 0.338 e. The second kappa shape index (κ2) is 11.8. The number of carbonyl (C=O) groups is 1. The predicted octanol–water partition coefficient (Wildman–Crippen LogP) is 5.11. The molecule has 0 amide bonds. The number of hydrogen-bond acceptors (Lipinski definition) is 8. The standard InChI is InChI=1S/C32H28N4O4S2/c1-4-39-24-15-13-21(14-16-24)28-22(19-35(34-28)23-10-7-6-8-11-23)18-26-30(37)36-29(25-12-9-17-41-25)27(31(38)40-5-2)20(3)33-32(36)42-26/h6-19,29H,4-5H2,1-3H3. The Balaban J connectivity index is 1.52. The average molecular weight is 597 g/mol. The first kappa shape index (κ1) is 27.6. The lowest BCUT2D eigenvalue weighted by atomic mass is 10.0. The van der Waals surface area contributed by atoms with Crippen LogP contribution in [0.15, 0.2) is 99.4 Å². The molecule has 1 unspecified atom stereocenters. The Morgan fingerprint density at radius 3 is 2.50 bits per heavy atom. The number of thiazole rings is 1. The van der Waals surface area contributed by atoms with Crippen molar-refractivity contribution >= 4 is 34.7 Å². The van der Waals surface area contributed by atoms with Crippen LogP contribution < -0.4 is 19.6 Å². The molecular formula is C32H28N4O4S2. The molecule has 212 valence electrons. The maximum absolute atomic E-state index is 14.1. The van der Waals surface area contributed by atoms with Gasteiger partial charge in [-0.15, -0.1) is 11.3 Å². The fraction of sp³-hybridized carbons (Fsp3) is 0.188. The molecule has 0 saturated heterocycles. The zero-order valence-corrected chi connectivity index (χ0v) is 24.9. The Labute approximate surface area is 250 Å². The van der Waals surface area contributed by atoms with E-state index in [0.717, 1.165) is 33.1 Å². The van der Waals surface area contributed by atoms with E-state index in [0.29, 0.717) is 27.2 Å². The minimum absolute atomic E-state index is 0.225. The van der Waals surface area contributed by atoms with E-state index >= 15 is 0 Å². The van der Waals surface area contributed by atoms with E-state index in [9.17, 15) is 9.59 Å². The number of carbonyl (C=O) groups excluding carboxylic acids is 1. The molecule has 42 heavy (non-hydrogen) atoms. The summed E-state index contributed by atoms with van der Waals surface area (Å²) in [6.45, 7) is 6.32. The van der Waals surface area contributed by atoms with Crippen LogP contribution in [0.3, 0.4) is 0 Å². The van der Waals surface area contributed by atoms with Crippen LogP contribution in [0.2, 0.25) is 0 Å². The predicted molar refractivity (Wildman–Crippen MR) is 165 cm³/mol. The third-order valence-electron chi connectivity index (χ3n) is 6.82. The first-order valence-electron chi connectivity index (χ1n) is 13.6. The van der Waals surface area contributed by atoms with Crippen LogP contribution in [0.1, 0.15) is 37.3 Å². The highest BCUT2D eigenvalue weighted by atomic mass is 32.1. The summed E-state index contributed by atoms with van der Waals surface area (Å²) >= 11 is 2.79. The van der Waals surface area contributed by atoms with Crippen molar-refractivity contribution in [3.8, 4) is 22.7 Å². The van der Waals surface area contributed by atoms with Crippen LogP contribution in [0.4, 0.5) is 0 Å². The zero-order valence-electron chi connectivity index (χ0n) is 23.3. The molecule has 1 aliphatic rings. The zero-order chi connectivity index (χ0) is 29.2. The van der Waals surface area contributed by atoms with Gasteiger partial charge in [-0.3, -0.25) is 9.36 Å². The highest BCUT2D eigenvalue weighted by Crippen LogP contribution is 2.33. The van der Waals surface area contributed by atoms with Gasteiger partial charge < -0.3 is 9.47 Å². The monoisotopic (exact) mass is 596 g/mol. The molecule has 10 heteroatoms. The largest absolute Gasteiger partial charge is 0.494 e. The number of rotatable bonds is 8. The molecule has 4 heterocycles. The Morgan fingerprint density at radius 1 is 1.02 bits per heavy atom. The second-order valence-corrected chi connectivity index (χ2v) is 11.5. The fourth-order valence-corrected chi connectivity index (χ4v) is 6.82. The van der Waals surface area contributed by atoms with Gasteiger partial charge in [-0.05, 0) is 74.7 Å². The van der Waals surface area contributed by atoms with E-state index in [1.54, 1.807) is 18.4 Å². The summed E-state index contributed by atoms with van der Waals surface area (Å²) in [6, 6.07) is 20.8. The van der Waals surface area contributed by atoms with Crippen LogP contribution >= 0.6 is 22.7 Å². The number of benzene rings is 2. The van der Waals surface area contributed by atoms with E-state index in [4.69, 9.17) is 14.6 Å². The summed E-state index contributed by atoms with van der Waals surface area (Å²) in [5.41, 5.74) is 4.00. The second-order valence-electron chi connectivity index (χ2n) is 9.49. The normalized spacial score (nSPS) is 14.9. The van der Waals surface area contributed by atoms with Crippen LogP contribution in [0.5, 0.6) is 5.75 Å². The van der Waals surface area contributed by atoms with Gasteiger partial charge in [0.1, 0.15) is 17.5 Å². The molecule has 0 saturated carbocycles. The van der Waals surface area contributed by atoms with Gasteiger partial charge in [-0.1, -0.05) is 35.6 Å². The van der Waals surface area contributed by atoms with Gasteiger partial charge in [0.25, 0.3) is 5.56 Å². The fourth-order valence-electron chi connectivity index (χ4n) is 4.95. The Hall–Kier alpha value is -4.54. The number of allylic oxidation sites excluding steroid dienone is 1. The molecule has 0 bridgehead atoms. The summed E-state index contributed by atoms with van der Waals surface area (Å²) < 4.78 is 14.9. The third-order valence-corrected chi connectivity index (χ3v) is 8.73. The van der Waals surface area contributed by atoms with Crippen molar-refractivity contribution < 1.29 is 14.3 Å². The van der Waals surface area contributed by atoms with Gasteiger partial charge in [-0.2, -0.15) is 5.10 Å². The number of ether oxygens (including phenoxy) is 2. The first-order valence-corrected chi connectivity index (χ1v) is 15.3. The molecule has 0 radical (unpaired) electrons. The lowest BCUT2D eigenvalue weighted by molar-refractivity contribution is -0.139. The minimum Gasteiger partial charge on any atom is -0.494 e. The molecule has 8 nitrogen and oxygen atoms in total. The van der Waals surface area contributed by atoms with E-state index < -0.39 is 12.0 Å². The minimum atomic E-state index is -0.611. The van der Waals surface area contributed by atoms with Gasteiger partial charge in [0, 0.05) is 22.2 Å². The van der Waals surface area contributed by atoms with E-state index in [2.05, 4.69) is 4.99 Å². The molecule has 3 aromatic heterocycles. The molecule has 5 aromatic rings. The first-order chi connectivity index (χ1) is 20.5. The average Bonchev–Trinajstić information content (AvgIpc) is 3.74. The van der Waals surface area contributed by atoms with Crippen molar-refractivity contribution in [3.63, 3.8) is 0 Å². The van der Waals surface area contributed by atoms with Crippen molar-refractivity contribution in [2.75, 3.05) is 13.2 Å². The highest BCUT2D eigenvalue weighted by Gasteiger charge is 2.34. The summed E-state index contributed by atoms with van der Waals surface area (Å²) in [4.78, 5) is 33.2. The quantitative estimate of drug-likeness (QED) is 0.232. The summed E-state index contributed by atoms with van der Waals surface area (Å²) in [5.74, 6) is 0.313. The Bertz CT molecular complexity index is 1950. The summed E-state index contributed by atoms with van der Waals surface area (Å²) in [7, 11) is 0. The molecule has 1 atom stereocenters. The van der Waals surface area contributed by atoms with Gasteiger partial charge in [0.15, 0.2) is 4.80 Å². The van der Waals surface area contributed by atoms with Gasteiger partial charge in [0.05, 0.1) is 34.7 Å². The van der Waals surface area contributed by atoms with Crippen LogP contribution in [0.25, 0.3) is 23.0 Å². The third kappa shape index (κ3) is 5.15. The maximum atomic E-state index is 14.1. The summed E-state index contributed by atoms with van der Waals surface area (Å²) in [6.07, 6.45) is 3.78. The SMILES string of the molecule is CCOC(=O)C1=C(C)N=c2sc(=Cc3cn(-c4ccccc4)nc3-c3ccc(OCC)cc3)c(=O)n2C1c1cccs1. The topological polar surface area (TPSA) is 87.7 Å². The molecule has 2 aromatic carbocycles. The van der Waals surface area contributed by atoms with Gasteiger partial charge in [-0.25, -0.2) is 14.5 Å². The van der Waals surface area contributed by atoms with Crippen LogP contribution in [-0.4, -0.2) is 33.5 Å². The van der Waals surface area contributed by atoms with Crippen molar-refractivity contribution in [2.24, 2.45) is 4.99 Å². The van der Waals surface area contributed by atoms with Gasteiger partial charge in [0.2, 0.25) is 0 Å². The molecule has 1 aliphatic heterocycles. The van der Waals surface area contributed by atoms with Crippen molar-refractivity contribution in [1.82, 2.24) is 14.3 Å². The number of esters is 1. The number of nitrogens with zero attached hydrogens (tertiary/aromatic N) is 4. The van der Waals surface area contributed by atoms with E-state index in [1.807, 2.05) is 96.0 Å². The summed E-state index contributed by atoms with van der Waals surface area (Å²) in [5, 5.41) is 6.84. The van der Waals surface area contributed by atoms with E-state index in [1.165, 1.54) is 22.7 Å². The number of para-hydroxylation sites is 1. The number of hydrogen-bond donors (Lipinski definition) is 0. The molecular weight excluding hydrogens is 569 g/mol. The van der Waals surface area contributed by atoms with Crippen molar-refractivity contribution in [1.29, 1.82) is 0 Å². The molecule has 0 spiro atoms. The molecule has 0 aliphatic carbocycles. The smallest absolute Gasteiger partial charge is 0.338 e. The van der Waals surface area contributed by atoms with E-state index in [-0.39, 0.29) is 12.2 Å². The van der Waals surface area contributed by atoms with Gasteiger partial charge >= 0.3 is 5.97 Å². The molecule has 0 fully saturated rings. The number of thiophene rings is 1. The van der Waals surface area contributed by atoms with Crippen molar-refractivity contribution in [2.45, 2.75) is 26.8 Å².